The number of thiazole rings is 1. The van der Waals surface area contributed by atoms with E-state index in [1.54, 1.807) is 11.3 Å². The minimum Gasteiger partial charge on any atom is -0.379 e. The molecule has 1 aromatic rings. The molecular formula is C15H29N3OS. The second kappa shape index (κ2) is 10.1. The van der Waals surface area contributed by atoms with Gasteiger partial charge in [-0.3, -0.25) is 0 Å². The summed E-state index contributed by atoms with van der Waals surface area (Å²) in [6, 6.07) is 0. The first kappa shape index (κ1) is 17.4. The maximum atomic E-state index is 5.52. The molecule has 0 fully saturated rings. The Morgan fingerprint density at radius 1 is 1.30 bits per heavy atom. The van der Waals surface area contributed by atoms with E-state index in [4.69, 9.17) is 4.74 Å². The van der Waals surface area contributed by atoms with E-state index >= 15 is 0 Å². The highest BCUT2D eigenvalue weighted by Crippen LogP contribution is 2.21. The van der Waals surface area contributed by atoms with Gasteiger partial charge in [0, 0.05) is 37.3 Å². The standard InChI is InChI=1S/C15H29N3OS/c1-5-18(6-2)15-17-12-14(20-15)11-16-9-7-8-10-19-13(3)4/h12-13,16H,5-11H2,1-4H3. The van der Waals surface area contributed by atoms with Gasteiger partial charge >= 0.3 is 0 Å². The second-order valence-electron chi connectivity index (χ2n) is 5.08. The lowest BCUT2D eigenvalue weighted by molar-refractivity contribution is 0.0760. The van der Waals surface area contributed by atoms with Gasteiger partial charge in [-0.15, -0.1) is 11.3 Å². The van der Waals surface area contributed by atoms with Gasteiger partial charge in [-0.25, -0.2) is 4.98 Å². The molecule has 0 spiro atoms. The van der Waals surface area contributed by atoms with E-state index in [0.29, 0.717) is 6.10 Å². The van der Waals surface area contributed by atoms with Crippen molar-refractivity contribution in [3.05, 3.63) is 11.1 Å². The number of aromatic nitrogens is 1. The zero-order chi connectivity index (χ0) is 14.8. The van der Waals surface area contributed by atoms with Crippen LogP contribution in [0.3, 0.4) is 0 Å². The van der Waals surface area contributed by atoms with Crippen LogP contribution in [0.25, 0.3) is 0 Å². The highest BCUT2D eigenvalue weighted by molar-refractivity contribution is 7.15. The van der Waals surface area contributed by atoms with Gasteiger partial charge in [0.2, 0.25) is 0 Å². The average molecular weight is 299 g/mol. The number of ether oxygens (including phenoxy) is 1. The second-order valence-corrected chi connectivity index (χ2v) is 6.18. The van der Waals surface area contributed by atoms with Gasteiger partial charge in [0.15, 0.2) is 5.13 Å². The molecule has 1 heterocycles. The van der Waals surface area contributed by atoms with Gasteiger partial charge in [-0.05, 0) is 47.1 Å². The molecule has 0 amide bonds. The molecule has 0 unspecified atom stereocenters. The van der Waals surface area contributed by atoms with Crippen molar-refractivity contribution in [2.45, 2.75) is 53.2 Å². The van der Waals surface area contributed by atoms with Crippen LogP contribution in [0.4, 0.5) is 5.13 Å². The smallest absolute Gasteiger partial charge is 0.185 e. The summed E-state index contributed by atoms with van der Waals surface area (Å²) < 4.78 is 5.52. The summed E-state index contributed by atoms with van der Waals surface area (Å²) in [6.07, 6.45) is 4.62. The number of unbranched alkanes of at least 4 members (excludes halogenated alkanes) is 1. The summed E-state index contributed by atoms with van der Waals surface area (Å²) in [6.45, 7) is 13.4. The predicted molar refractivity (Wildman–Crippen MR) is 87.7 cm³/mol. The molecule has 1 aromatic heterocycles. The fraction of sp³-hybridized carbons (Fsp3) is 0.800. The highest BCUT2D eigenvalue weighted by atomic mass is 32.1. The Bertz CT molecular complexity index is 351. The number of anilines is 1. The fourth-order valence-electron chi connectivity index (χ4n) is 1.90. The molecule has 4 nitrogen and oxygen atoms in total. The Morgan fingerprint density at radius 3 is 2.70 bits per heavy atom. The molecule has 0 aliphatic carbocycles. The Kier molecular flexibility index (Phi) is 8.82. The van der Waals surface area contributed by atoms with Crippen LogP contribution in [-0.2, 0) is 11.3 Å². The largest absolute Gasteiger partial charge is 0.379 e. The van der Waals surface area contributed by atoms with Crippen LogP contribution in [0, 0.1) is 0 Å². The van der Waals surface area contributed by atoms with Crippen molar-refractivity contribution in [2.75, 3.05) is 31.1 Å². The monoisotopic (exact) mass is 299 g/mol. The molecular weight excluding hydrogens is 270 g/mol. The van der Waals surface area contributed by atoms with E-state index in [1.165, 1.54) is 4.88 Å². The molecule has 0 aliphatic rings. The Hall–Kier alpha value is -0.650. The normalized spacial score (nSPS) is 11.2. The third kappa shape index (κ3) is 6.68. The van der Waals surface area contributed by atoms with Crippen LogP contribution in [0.15, 0.2) is 6.20 Å². The van der Waals surface area contributed by atoms with E-state index in [2.05, 4.69) is 42.9 Å². The average Bonchev–Trinajstić information content (AvgIpc) is 2.87. The molecule has 0 bridgehead atoms. The van der Waals surface area contributed by atoms with Crippen LogP contribution in [0.1, 0.15) is 45.4 Å². The van der Waals surface area contributed by atoms with Gasteiger partial charge in [-0.2, -0.15) is 0 Å². The van der Waals surface area contributed by atoms with Crippen molar-refractivity contribution >= 4 is 16.5 Å². The molecule has 0 atom stereocenters. The van der Waals surface area contributed by atoms with Crippen molar-refractivity contribution in [2.24, 2.45) is 0 Å². The summed E-state index contributed by atoms with van der Waals surface area (Å²) in [7, 11) is 0. The molecule has 0 aromatic carbocycles. The summed E-state index contributed by atoms with van der Waals surface area (Å²) in [5.74, 6) is 0. The predicted octanol–water partition coefficient (Wildman–Crippen LogP) is 3.28. The van der Waals surface area contributed by atoms with Crippen LogP contribution < -0.4 is 10.2 Å². The topological polar surface area (TPSA) is 37.4 Å². The van der Waals surface area contributed by atoms with E-state index in [9.17, 15) is 0 Å². The first-order valence-electron chi connectivity index (χ1n) is 7.69. The van der Waals surface area contributed by atoms with Crippen molar-refractivity contribution < 1.29 is 4.74 Å². The van der Waals surface area contributed by atoms with Gasteiger partial charge in [0.1, 0.15) is 0 Å². The van der Waals surface area contributed by atoms with Gasteiger partial charge in [-0.1, -0.05) is 0 Å². The third-order valence-corrected chi connectivity index (χ3v) is 4.13. The van der Waals surface area contributed by atoms with Crippen LogP contribution in [0.2, 0.25) is 0 Å². The fourth-order valence-corrected chi connectivity index (χ4v) is 2.91. The Labute approximate surface area is 127 Å². The third-order valence-electron chi connectivity index (χ3n) is 3.07. The minimum absolute atomic E-state index is 0.346. The molecule has 0 aliphatic heterocycles. The van der Waals surface area contributed by atoms with Crippen molar-refractivity contribution in [3.8, 4) is 0 Å². The van der Waals surface area contributed by atoms with Gasteiger partial charge in [0.05, 0.1) is 6.10 Å². The number of hydrogen-bond acceptors (Lipinski definition) is 5. The summed E-state index contributed by atoms with van der Waals surface area (Å²) in [5.41, 5.74) is 0. The lowest BCUT2D eigenvalue weighted by Gasteiger charge is -2.16. The Morgan fingerprint density at radius 2 is 2.05 bits per heavy atom. The summed E-state index contributed by atoms with van der Waals surface area (Å²) >= 11 is 1.79. The van der Waals surface area contributed by atoms with Crippen molar-refractivity contribution in [1.29, 1.82) is 0 Å². The summed E-state index contributed by atoms with van der Waals surface area (Å²) in [4.78, 5) is 8.09. The Balaban J connectivity index is 2.13. The molecule has 0 saturated carbocycles. The maximum absolute atomic E-state index is 5.52. The van der Waals surface area contributed by atoms with Gasteiger partial charge < -0.3 is 15.0 Å². The lowest BCUT2D eigenvalue weighted by atomic mass is 10.3. The molecule has 1 rings (SSSR count). The van der Waals surface area contributed by atoms with E-state index in [0.717, 1.165) is 50.8 Å². The molecule has 1 N–H and O–H groups in total. The number of rotatable bonds is 11. The molecule has 0 saturated heterocycles. The lowest BCUT2D eigenvalue weighted by Crippen LogP contribution is -2.21. The maximum Gasteiger partial charge on any atom is 0.185 e. The molecule has 20 heavy (non-hydrogen) atoms. The number of hydrogen-bond donors (Lipinski definition) is 1. The SMILES string of the molecule is CCN(CC)c1ncc(CNCCCCOC(C)C)s1. The van der Waals surface area contributed by atoms with Crippen molar-refractivity contribution in [3.63, 3.8) is 0 Å². The van der Waals surface area contributed by atoms with Crippen LogP contribution in [0.5, 0.6) is 0 Å². The first-order valence-corrected chi connectivity index (χ1v) is 8.51. The van der Waals surface area contributed by atoms with Crippen LogP contribution in [-0.4, -0.2) is 37.3 Å². The summed E-state index contributed by atoms with van der Waals surface area (Å²) in [5, 5.41) is 4.61. The molecule has 116 valence electrons. The highest BCUT2D eigenvalue weighted by Gasteiger charge is 2.07. The van der Waals surface area contributed by atoms with Gasteiger partial charge in [0.25, 0.3) is 0 Å². The van der Waals surface area contributed by atoms with E-state index < -0.39 is 0 Å². The number of nitrogens with one attached hydrogen (secondary N) is 1. The van der Waals surface area contributed by atoms with Crippen molar-refractivity contribution in [1.82, 2.24) is 10.3 Å². The molecule has 0 radical (unpaired) electrons. The zero-order valence-corrected chi connectivity index (χ0v) is 14.1. The van der Waals surface area contributed by atoms with E-state index in [1.807, 2.05) is 6.20 Å². The minimum atomic E-state index is 0.346. The first-order chi connectivity index (χ1) is 9.67. The molecule has 5 heteroatoms. The zero-order valence-electron chi connectivity index (χ0n) is 13.3. The van der Waals surface area contributed by atoms with E-state index in [-0.39, 0.29) is 0 Å². The van der Waals surface area contributed by atoms with Crippen LogP contribution >= 0.6 is 11.3 Å². The quantitative estimate of drug-likeness (QED) is 0.636. The number of nitrogens with zero attached hydrogens (tertiary/aromatic N) is 2.